The minimum atomic E-state index is 0.310. The molecule has 2 fully saturated rings. The first-order valence-corrected chi connectivity index (χ1v) is 9.07. The molecule has 1 aliphatic heterocycles. The molecule has 1 aliphatic carbocycles. The summed E-state index contributed by atoms with van der Waals surface area (Å²) >= 11 is 1.76. The number of hydrogen-bond acceptors (Lipinski definition) is 4. The van der Waals surface area contributed by atoms with Crippen molar-refractivity contribution in [2.24, 2.45) is 5.92 Å². The van der Waals surface area contributed by atoms with Crippen LogP contribution in [0.25, 0.3) is 10.1 Å². The van der Waals surface area contributed by atoms with Crippen molar-refractivity contribution in [3.05, 3.63) is 23.7 Å². The molecule has 1 saturated carbocycles. The van der Waals surface area contributed by atoms with Gasteiger partial charge >= 0.3 is 0 Å². The molecule has 2 aromatic rings. The zero-order chi connectivity index (χ0) is 14.9. The van der Waals surface area contributed by atoms with Gasteiger partial charge in [0, 0.05) is 48.4 Å². The molecule has 0 aromatic carbocycles. The molecular formula is C17H21N3OS. The Morgan fingerprint density at radius 1 is 1.14 bits per heavy atom. The zero-order valence-corrected chi connectivity index (χ0v) is 13.5. The van der Waals surface area contributed by atoms with Gasteiger partial charge in [-0.1, -0.05) is 6.42 Å². The number of carbonyl (C=O) groups excluding carboxylic acids is 1. The van der Waals surface area contributed by atoms with Crippen molar-refractivity contribution in [1.82, 2.24) is 9.88 Å². The Kier molecular flexibility index (Phi) is 3.74. The lowest BCUT2D eigenvalue weighted by Gasteiger charge is -2.31. The predicted molar refractivity (Wildman–Crippen MR) is 90.4 cm³/mol. The van der Waals surface area contributed by atoms with E-state index in [1.807, 2.05) is 6.20 Å². The molecule has 0 spiro atoms. The van der Waals surface area contributed by atoms with E-state index in [0.717, 1.165) is 51.3 Å². The first-order chi connectivity index (χ1) is 10.8. The molecule has 2 aromatic heterocycles. The lowest BCUT2D eigenvalue weighted by molar-refractivity contribution is -0.137. The highest BCUT2D eigenvalue weighted by atomic mass is 32.1. The third kappa shape index (κ3) is 2.47. The normalized spacial score (nSPS) is 20.0. The van der Waals surface area contributed by atoms with Crippen LogP contribution in [-0.4, -0.2) is 42.0 Å². The summed E-state index contributed by atoms with van der Waals surface area (Å²) in [7, 11) is 0. The molecule has 22 heavy (non-hydrogen) atoms. The highest BCUT2D eigenvalue weighted by Gasteiger charge is 2.30. The third-order valence-electron chi connectivity index (χ3n) is 4.92. The van der Waals surface area contributed by atoms with Gasteiger partial charge in [-0.05, 0) is 36.8 Å². The summed E-state index contributed by atoms with van der Waals surface area (Å²) < 4.78 is 1.29. The van der Waals surface area contributed by atoms with Crippen LogP contribution in [0.4, 0.5) is 5.82 Å². The van der Waals surface area contributed by atoms with E-state index in [1.165, 1.54) is 16.5 Å². The van der Waals surface area contributed by atoms with Crippen molar-refractivity contribution < 1.29 is 4.79 Å². The maximum absolute atomic E-state index is 12.4. The standard InChI is InChI=1S/C17H21N3OS/c21-17(13-3-1-4-13)20-9-2-8-19(10-11-20)16-14-6-12-22-15(14)5-7-18-16/h5-7,12-13H,1-4,8-11H2. The van der Waals surface area contributed by atoms with Crippen LogP contribution in [0.15, 0.2) is 23.7 Å². The second-order valence-electron chi connectivity index (χ2n) is 6.26. The summed E-state index contributed by atoms with van der Waals surface area (Å²) in [5, 5.41) is 3.37. The van der Waals surface area contributed by atoms with Gasteiger partial charge in [-0.25, -0.2) is 4.98 Å². The van der Waals surface area contributed by atoms with E-state index in [4.69, 9.17) is 0 Å². The lowest BCUT2D eigenvalue weighted by atomic mass is 9.84. The number of nitrogens with zero attached hydrogens (tertiary/aromatic N) is 3. The summed E-state index contributed by atoms with van der Waals surface area (Å²) in [5.41, 5.74) is 0. The van der Waals surface area contributed by atoms with E-state index in [1.54, 1.807) is 11.3 Å². The van der Waals surface area contributed by atoms with Gasteiger partial charge in [0.25, 0.3) is 0 Å². The van der Waals surface area contributed by atoms with Crippen LogP contribution in [-0.2, 0) is 4.79 Å². The fourth-order valence-electron chi connectivity index (χ4n) is 3.39. The van der Waals surface area contributed by atoms with Gasteiger partial charge in [-0.3, -0.25) is 4.79 Å². The lowest BCUT2D eigenvalue weighted by Crippen LogP contribution is -2.41. The Morgan fingerprint density at radius 3 is 2.86 bits per heavy atom. The molecule has 0 unspecified atom stereocenters. The number of carbonyl (C=O) groups is 1. The number of pyridine rings is 1. The van der Waals surface area contributed by atoms with Crippen LogP contribution >= 0.6 is 11.3 Å². The highest BCUT2D eigenvalue weighted by Crippen LogP contribution is 2.30. The molecule has 1 saturated heterocycles. The summed E-state index contributed by atoms with van der Waals surface area (Å²) in [4.78, 5) is 21.5. The van der Waals surface area contributed by atoms with Gasteiger partial charge in [-0.15, -0.1) is 11.3 Å². The Hall–Kier alpha value is -1.62. The van der Waals surface area contributed by atoms with Crippen molar-refractivity contribution in [3.63, 3.8) is 0 Å². The average Bonchev–Trinajstić information content (AvgIpc) is 2.82. The fraction of sp³-hybridized carbons (Fsp3) is 0.529. The van der Waals surface area contributed by atoms with E-state index in [0.29, 0.717) is 11.8 Å². The SMILES string of the molecule is O=C(C1CCC1)N1CCCN(c2nccc3sccc23)CC1. The minimum absolute atomic E-state index is 0.310. The number of fused-ring (bicyclic) bond motifs is 1. The molecule has 0 atom stereocenters. The number of amides is 1. The van der Waals surface area contributed by atoms with Crippen LogP contribution in [0.5, 0.6) is 0 Å². The number of aromatic nitrogens is 1. The first-order valence-electron chi connectivity index (χ1n) is 8.19. The molecule has 5 heteroatoms. The Labute approximate surface area is 134 Å². The minimum Gasteiger partial charge on any atom is -0.354 e. The molecule has 0 radical (unpaired) electrons. The Bertz CT molecular complexity index is 679. The first kappa shape index (κ1) is 14.0. The van der Waals surface area contributed by atoms with Crippen LogP contribution in [0.1, 0.15) is 25.7 Å². The summed E-state index contributed by atoms with van der Waals surface area (Å²) in [6.45, 7) is 3.60. The number of thiophene rings is 1. The van der Waals surface area contributed by atoms with Crippen LogP contribution in [0.3, 0.4) is 0 Å². The van der Waals surface area contributed by atoms with Gasteiger partial charge in [-0.2, -0.15) is 0 Å². The molecule has 2 aliphatic rings. The molecule has 3 heterocycles. The molecule has 4 nitrogen and oxygen atoms in total. The van der Waals surface area contributed by atoms with Gasteiger partial charge in [0.05, 0.1) is 0 Å². The Balaban J connectivity index is 1.50. The summed E-state index contributed by atoms with van der Waals surface area (Å²) in [5.74, 6) is 1.77. The second-order valence-corrected chi connectivity index (χ2v) is 7.21. The molecule has 0 N–H and O–H groups in total. The maximum Gasteiger partial charge on any atom is 0.225 e. The number of hydrogen-bond donors (Lipinski definition) is 0. The Morgan fingerprint density at radius 2 is 2.05 bits per heavy atom. The van der Waals surface area contributed by atoms with Crippen molar-refractivity contribution >= 4 is 33.1 Å². The van der Waals surface area contributed by atoms with Crippen molar-refractivity contribution in [3.8, 4) is 0 Å². The van der Waals surface area contributed by atoms with Crippen LogP contribution in [0.2, 0.25) is 0 Å². The van der Waals surface area contributed by atoms with Crippen LogP contribution < -0.4 is 4.90 Å². The van der Waals surface area contributed by atoms with Gasteiger partial charge < -0.3 is 9.80 Å². The van der Waals surface area contributed by atoms with E-state index >= 15 is 0 Å². The van der Waals surface area contributed by atoms with Crippen molar-refractivity contribution in [2.45, 2.75) is 25.7 Å². The van der Waals surface area contributed by atoms with Crippen molar-refractivity contribution in [1.29, 1.82) is 0 Å². The molecule has 4 rings (SSSR count). The summed E-state index contributed by atoms with van der Waals surface area (Å²) in [6.07, 6.45) is 6.33. The molecular weight excluding hydrogens is 294 g/mol. The topological polar surface area (TPSA) is 36.4 Å². The largest absolute Gasteiger partial charge is 0.354 e. The number of rotatable bonds is 2. The van der Waals surface area contributed by atoms with Gasteiger partial charge in [0.1, 0.15) is 5.82 Å². The van der Waals surface area contributed by atoms with Gasteiger partial charge in [0.15, 0.2) is 0 Å². The maximum atomic E-state index is 12.4. The van der Waals surface area contributed by atoms with Crippen molar-refractivity contribution in [2.75, 3.05) is 31.1 Å². The van der Waals surface area contributed by atoms with Gasteiger partial charge in [0.2, 0.25) is 5.91 Å². The highest BCUT2D eigenvalue weighted by molar-refractivity contribution is 7.17. The second kappa shape index (κ2) is 5.88. The van der Waals surface area contributed by atoms with E-state index in [2.05, 4.69) is 32.3 Å². The van der Waals surface area contributed by atoms with Crippen LogP contribution in [0, 0.1) is 5.92 Å². The van der Waals surface area contributed by atoms with E-state index < -0.39 is 0 Å². The van der Waals surface area contributed by atoms with E-state index in [-0.39, 0.29) is 0 Å². The molecule has 1 amide bonds. The third-order valence-corrected chi connectivity index (χ3v) is 5.80. The van der Waals surface area contributed by atoms with E-state index in [9.17, 15) is 4.79 Å². The quantitative estimate of drug-likeness (QED) is 0.854. The summed E-state index contributed by atoms with van der Waals surface area (Å²) in [6, 6.07) is 4.23. The fourth-order valence-corrected chi connectivity index (χ4v) is 4.17. The monoisotopic (exact) mass is 315 g/mol. The average molecular weight is 315 g/mol. The number of anilines is 1. The zero-order valence-electron chi connectivity index (χ0n) is 12.7. The molecule has 116 valence electrons. The molecule has 0 bridgehead atoms. The smallest absolute Gasteiger partial charge is 0.225 e. The predicted octanol–water partition coefficient (Wildman–Crippen LogP) is 3.14.